The number of urea groups is 1. The molecule has 1 aromatic carbocycles. The van der Waals surface area contributed by atoms with Gasteiger partial charge in [0.25, 0.3) is 0 Å². The molecule has 0 unspecified atom stereocenters. The molecular weight excluding hydrogens is 312 g/mol. The molecule has 2 amide bonds. The van der Waals surface area contributed by atoms with Crippen LogP contribution in [0.25, 0.3) is 10.8 Å². The van der Waals surface area contributed by atoms with E-state index < -0.39 is 6.04 Å². The Morgan fingerprint density at radius 2 is 1.92 bits per heavy atom. The Morgan fingerprint density at radius 1 is 1.12 bits per heavy atom. The van der Waals surface area contributed by atoms with E-state index in [0.717, 1.165) is 41.1 Å². The lowest BCUT2D eigenvalue weighted by Crippen LogP contribution is -2.47. The monoisotopic (exact) mass is 332 g/mol. The molecule has 2 saturated carbocycles. The molecule has 126 valence electrons. The van der Waals surface area contributed by atoms with E-state index >= 15 is 0 Å². The fraction of sp³-hybridized carbons (Fsp3) is 0.450. The van der Waals surface area contributed by atoms with E-state index in [9.17, 15) is 10.1 Å². The Morgan fingerprint density at radius 3 is 2.68 bits per heavy atom. The van der Waals surface area contributed by atoms with Crippen LogP contribution in [0.1, 0.15) is 25.7 Å². The van der Waals surface area contributed by atoms with Gasteiger partial charge in [0.2, 0.25) is 0 Å². The number of fused-ring (bicyclic) bond motifs is 1. The van der Waals surface area contributed by atoms with Crippen LogP contribution in [-0.4, -0.2) is 34.5 Å². The molecule has 1 atom stereocenters. The van der Waals surface area contributed by atoms with E-state index in [1.807, 2.05) is 29.2 Å². The third-order valence-corrected chi connectivity index (χ3v) is 6.07. The zero-order valence-electron chi connectivity index (χ0n) is 14.0. The molecule has 2 aliphatic carbocycles. The maximum Gasteiger partial charge on any atom is 0.326 e. The molecule has 1 saturated heterocycles. The molecule has 25 heavy (non-hydrogen) atoms. The molecule has 0 radical (unpaired) electrons. The van der Waals surface area contributed by atoms with Crippen molar-refractivity contribution in [1.82, 2.24) is 9.88 Å². The standard InChI is InChI=1S/C20H20N4O/c21-9-17-12-23(16-7-15(8-16)13-5-6-13)20(25)24(17)19-11-22-10-14-3-1-2-4-18(14)19/h1-4,10-11,13,15-17H,5-8,12H2/t15?,16?,17-/m1/s1. The minimum Gasteiger partial charge on any atom is -0.318 e. The van der Waals surface area contributed by atoms with Gasteiger partial charge in [-0.15, -0.1) is 0 Å². The first-order valence-electron chi connectivity index (χ1n) is 9.08. The minimum atomic E-state index is -0.444. The summed E-state index contributed by atoms with van der Waals surface area (Å²) in [6.45, 7) is 0.501. The van der Waals surface area contributed by atoms with Crippen LogP contribution in [-0.2, 0) is 0 Å². The first-order valence-corrected chi connectivity index (χ1v) is 9.08. The Bertz CT molecular complexity index is 873. The largest absolute Gasteiger partial charge is 0.326 e. The van der Waals surface area contributed by atoms with Crippen molar-refractivity contribution in [2.45, 2.75) is 37.8 Å². The van der Waals surface area contributed by atoms with Gasteiger partial charge < -0.3 is 4.90 Å². The van der Waals surface area contributed by atoms with Crippen molar-refractivity contribution >= 4 is 22.5 Å². The van der Waals surface area contributed by atoms with Crippen molar-refractivity contribution in [1.29, 1.82) is 5.26 Å². The van der Waals surface area contributed by atoms with Crippen LogP contribution >= 0.6 is 0 Å². The number of carbonyl (C=O) groups is 1. The topological polar surface area (TPSA) is 60.2 Å². The van der Waals surface area contributed by atoms with Gasteiger partial charge in [0.1, 0.15) is 6.04 Å². The molecule has 0 spiro atoms. The van der Waals surface area contributed by atoms with Gasteiger partial charge in [-0.3, -0.25) is 9.88 Å². The van der Waals surface area contributed by atoms with Gasteiger partial charge >= 0.3 is 6.03 Å². The smallest absolute Gasteiger partial charge is 0.318 e. The molecule has 5 heteroatoms. The number of nitrogens with zero attached hydrogens (tertiary/aromatic N) is 4. The van der Waals surface area contributed by atoms with Gasteiger partial charge in [0.05, 0.1) is 24.5 Å². The molecule has 5 nitrogen and oxygen atoms in total. The average molecular weight is 332 g/mol. The molecule has 2 aromatic rings. The van der Waals surface area contributed by atoms with Crippen molar-refractivity contribution in [2.24, 2.45) is 11.8 Å². The van der Waals surface area contributed by atoms with Gasteiger partial charge in [-0.05, 0) is 37.5 Å². The number of hydrogen-bond donors (Lipinski definition) is 0. The van der Waals surface area contributed by atoms with Crippen molar-refractivity contribution in [2.75, 3.05) is 11.4 Å². The van der Waals surface area contributed by atoms with E-state index in [2.05, 4.69) is 11.1 Å². The average Bonchev–Trinajstić information content (AvgIpc) is 3.38. The van der Waals surface area contributed by atoms with Gasteiger partial charge in [-0.1, -0.05) is 24.3 Å². The van der Waals surface area contributed by atoms with E-state index in [-0.39, 0.29) is 6.03 Å². The number of anilines is 1. The van der Waals surface area contributed by atoms with Crippen LogP contribution in [0.15, 0.2) is 36.7 Å². The second kappa shape index (κ2) is 5.45. The Kier molecular flexibility index (Phi) is 3.21. The molecule has 1 aliphatic heterocycles. The summed E-state index contributed by atoms with van der Waals surface area (Å²) in [6.07, 6.45) is 8.44. The van der Waals surface area contributed by atoms with Gasteiger partial charge in [-0.25, -0.2) is 4.79 Å². The number of amides is 2. The maximum absolute atomic E-state index is 13.1. The summed E-state index contributed by atoms with van der Waals surface area (Å²) < 4.78 is 0. The lowest BCUT2D eigenvalue weighted by Gasteiger charge is -2.41. The first kappa shape index (κ1) is 14.7. The van der Waals surface area contributed by atoms with Crippen LogP contribution in [0, 0.1) is 23.2 Å². The van der Waals surface area contributed by atoms with Gasteiger partial charge in [0.15, 0.2) is 0 Å². The fourth-order valence-corrected chi connectivity index (χ4v) is 4.42. The van der Waals surface area contributed by atoms with Crippen LogP contribution in [0.3, 0.4) is 0 Å². The predicted octanol–water partition coefficient (Wildman–Crippen LogP) is 3.56. The highest BCUT2D eigenvalue weighted by atomic mass is 16.2. The summed E-state index contributed by atoms with van der Waals surface area (Å²) in [4.78, 5) is 21.0. The molecule has 0 bridgehead atoms. The van der Waals surface area contributed by atoms with Crippen molar-refractivity contribution < 1.29 is 4.79 Å². The highest BCUT2D eigenvalue weighted by Gasteiger charge is 2.48. The van der Waals surface area contributed by atoms with E-state index in [0.29, 0.717) is 12.6 Å². The quantitative estimate of drug-likeness (QED) is 0.863. The molecule has 3 fully saturated rings. The summed E-state index contributed by atoms with van der Waals surface area (Å²) in [7, 11) is 0. The summed E-state index contributed by atoms with van der Waals surface area (Å²) in [5.74, 6) is 1.70. The molecule has 1 aromatic heterocycles. The second-order valence-electron chi connectivity index (χ2n) is 7.55. The zero-order valence-corrected chi connectivity index (χ0v) is 14.0. The highest BCUT2D eigenvalue weighted by Crippen LogP contribution is 2.49. The fourth-order valence-electron chi connectivity index (χ4n) is 4.42. The van der Waals surface area contributed by atoms with Crippen LogP contribution < -0.4 is 4.90 Å². The molecule has 3 aliphatic rings. The minimum absolute atomic E-state index is 0.0380. The second-order valence-corrected chi connectivity index (χ2v) is 7.55. The molecule has 0 N–H and O–H groups in total. The Labute approximate surface area is 146 Å². The van der Waals surface area contributed by atoms with Crippen LogP contribution in [0.4, 0.5) is 10.5 Å². The van der Waals surface area contributed by atoms with Gasteiger partial charge in [0, 0.05) is 23.0 Å². The number of nitriles is 1. The predicted molar refractivity (Wildman–Crippen MR) is 95.0 cm³/mol. The Hall–Kier alpha value is -2.61. The maximum atomic E-state index is 13.1. The molecule has 5 rings (SSSR count). The van der Waals surface area contributed by atoms with Crippen molar-refractivity contribution in [3.63, 3.8) is 0 Å². The first-order chi connectivity index (χ1) is 12.3. The van der Waals surface area contributed by atoms with E-state index in [1.165, 1.54) is 12.8 Å². The van der Waals surface area contributed by atoms with Crippen LogP contribution in [0.2, 0.25) is 0 Å². The van der Waals surface area contributed by atoms with Crippen molar-refractivity contribution in [3.05, 3.63) is 36.7 Å². The number of hydrogen-bond acceptors (Lipinski definition) is 3. The zero-order chi connectivity index (χ0) is 17.0. The SMILES string of the molecule is N#C[C@@H]1CN(C2CC(C3CC3)C2)C(=O)N1c1cncc2ccccc12. The third kappa shape index (κ3) is 2.28. The number of pyridine rings is 1. The highest BCUT2D eigenvalue weighted by molar-refractivity contribution is 6.04. The third-order valence-electron chi connectivity index (χ3n) is 6.07. The summed E-state index contributed by atoms with van der Waals surface area (Å²) in [5.41, 5.74) is 0.746. The number of carbonyl (C=O) groups excluding carboxylic acids is 1. The van der Waals surface area contributed by atoms with E-state index in [1.54, 1.807) is 17.3 Å². The van der Waals surface area contributed by atoms with Gasteiger partial charge in [-0.2, -0.15) is 5.26 Å². The van der Waals surface area contributed by atoms with E-state index in [4.69, 9.17) is 0 Å². The summed E-state index contributed by atoms with van der Waals surface area (Å²) >= 11 is 0. The number of rotatable bonds is 3. The van der Waals surface area contributed by atoms with Crippen molar-refractivity contribution in [3.8, 4) is 6.07 Å². The lowest BCUT2D eigenvalue weighted by molar-refractivity contribution is 0.104. The molecule has 2 heterocycles. The Balaban J connectivity index is 1.46. The number of benzene rings is 1. The summed E-state index contributed by atoms with van der Waals surface area (Å²) in [6, 6.07) is 10.0. The number of aromatic nitrogens is 1. The summed E-state index contributed by atoms with van der Waals surface area (Å²) in [5, 5.41) is 11.6. The normalized spacial score (nSPS) is 28.9. The van der Waals surface area contributed by atoms with Crippen LogP contribution in [0.5, 0.6) is 0 Å². The lowest BCUT2D eigenvalue weighted by atomic mass is 9.76. The molecular formula is C20H20N4O.